The van der Waals surface area contributed by atoms with Crippen molar-refractivity contribution < 1.29 is 20.9 Å². The monoisotopic (exact) mass is 490 g/mol. The molecule has 0 unspecified atom stereocenters. The van der Waals surface area contributed by atoms with E-state index in [0.29, 0.717) is 5.13 Å². The maximum Gasteiger partial charge on any atom is 0.251 e. The average molecular weight is 491 g/mol. The lowest BCUT2D eigenvalue weighted by Crippen LogP contribution is -2.33. The van der Waals surface area contributed by atoms with Crippen LogP contribution in [0.4, 0.5) is 10.8 Å². The minimum Gasteiger partial charge on any atom is -0.378 e. The van der Waals surface area contributed by atoms with Crippen LogP contribution in [-0.4, -0.2) is 51.1 Å². The zero-order chi connectivity index (χ0) is 24.2. The van der Waals surface area contributed by atoms with Gasteiger partial charge in [-0.25, -0.2) is 13.4 Å². The van der Waals surface area contributed by atoms with Crippen LogP contribution in [0.25, 0.3) is 11.3 Å². The Balaban J connectivity index is 0.00000306. The zero-order valence-electron chi connectivity index (χ0n) is 18.8. The van der Waals surface area contributed by atoms with Gasteiger partial charge in [0, 0.05) is 39.1 Å². The Bertz CT molecular complexity index is 1280. The van der Waals surface area contributed by atoms with Gasteiger partial charge in [-0.05, 0) is 44.2 Å². The first-order valence-corrected chi connectivity index (χ1v) is 12.7. The normalized spacial score (nSPS) is 11.3. The highest BCUT2D eigenvalue weighted by atomic mass is 32.2. The fraction of sp³-hybridized carbons (Fsp3) is 0.261. The van der Waals surface area contributed by atoms with Crippen LogP contribution in [0.5, 0.6) is 0 Å². The minimum atomic E-state index is -3.50. The van der Waals surface area contributed by atoms with Gasteiger partial charge >= 0.3 is 0 Å². The second-order valence-electron chi connectivity index (χ2n) is 7.84. The maximum absolute atomic E-state index is 12.4. The smallest absolute Gasteiger partial charge is 0.251 e. The first kappa shape index (κ1) is 24.4. The van der Waals surface area contributed by atoms with Gasteiger partial charge in [-0.2, -0.15) is 0 Å². The van der Waals surface area contributed by atoms with E-state index in [0.717, 1.165) is 16.9 Å². The predicted molar refractivity (Wildman–Crippen MR) is 136 cm³/mol. The van der Waals surface area contributed by atoms with Crippen molar-refractivity contribution in [2.24, 2.45) is 0 Å². The molecule has 0 radical (unpaired) electrons. The van der Waals surface area contributed by atoms with Gasteiger partial charge in [0.15, 0.2) is 15.0 Å². The molecular weight excluding hydrogens is 460 g/mol. The number of thiazole rings is 1. The van der Waals surface area contributed by atoms with Crippen molar-refractivity contribution in [2.45, 2.75) is 24.0 Å². The van der Waals surface area contributed by atoms with E-state index in [1.54, 1.807) is 13.8 Å². The number of nitrogens with zero attached hydrogens (tertiary/aromatic N) is 2. The third-order valence-electron chi connectivity index (χ3n) is 4.86. The van der Waals surface area contributed by atoms with Crippen molar-refractivity contribution in [1.29, 1.82) is 0 Å². The van der Waals surface area contributed by atoms with Gasteiger partial charge in [0.05, 0.1) is 22.4 Å². The highest BCUT2D eigenvalue weighted by Gasteiger charge is 2.20. The van der Waals surface area contributed by atoms with Crippen LogP contribution in [0.3, 0.4) is 0 Å². The van der Waals surface area contributed by atoms with Gasteiger partial charge in [-0.3, -0.25) is 9.59 Å². The van der Waals surface area contributed by atoms with Gasteiger partial charge in [0.25, 0.3) is 5.91 Å². The molecule has 10 heteroatoms. The molecule has 33 heavy (non-hydrogen) atoms. The van der Waals surface area contributed by atoms with Crippen LogP contribution >= 0.6 is 11.3 Å². The molecule has 1 aromatic heterocycles. The van der Waals surface area contributed by atoms with Gasteiger partial charge in [0.2, 0.25) is 5.91 Å². The quantitative estimate of drug-likeness (QED) is 0.495. The average Bonchev–Trinajstić information content (AvgIpc) is 3.26. The molecule has 2 amide bonds. The summed E-state index contributed by atoms with van der Waals surface area (Å²) < 4.78 is 24.7. The van der Waals surface area contributed by atoms with Crippen molar-refractivity contribution >= 4 is 43.8 Å². The van der Waals surface area contributed by atoms with Crippen LogP contribution in [-0.2, 0) is 14.6 Å². The molecule has 3 rings (SSSR count). The van der Waals surface area contributed by atoms with E-state index in [-0.39, 0.29) is 19.9 Å². The van der Waals surface area contributed by atoms with Crippen LogP contribution in [0.15, 0.2) is 58.8 Å². The number of aromatic nitrogens is 1. The SMILES string of the molecule is CC(C)S(=O)(=O)c1cccc(C(=O)NCC(=O)Nc2nc(-c3cccc(N(C)C)c3)cs2)c1.[HH].[HH]. The molecule has 0 bridgehead atoms. The van der Waals surface area contributed by atoms with Crippen molar-refractivity contribution in [1.82, 2.24) is 10.3 Å². The molecule has 0 saturated heterocycles. The molecule has 2 N–H and O–H groups in total. The van der Waals surface area contributed by atoms with Crippen molar-refractivity contribution in [3.8, 4) is 11.3 Å². The zero-order valence-corrected chi connectivity index (χ0v) is 20.5. The Kier molecular flexibility index (Phi) is 7.50. The summed E-state index contributed by atoms with van der Waals surface area (Å²) in [6.07, 6.45) is 0. The molecule has 0 aliphatic heterocycles. The summed E-state index contributed by atoms with van der Waals surface area (Å²) in [5.41, 5.74) is 2.88. The first-order chi connectivity index (χ1) is 15.6. The van der Waals surface area contributed by atoms with Crippen LogP contribution in [0, 0.1) is 0 Å². The molecule has 0 spiro atoms. The first-order valence-electron chi connectivity index (χ1n) is 10.2. The number of sulfone groups is 1. The number of carbonyl (C=O) groups excluding carboxylic acids is 2. The Hall–Kier alpha value is -3.24. The van der Waals surface area contributed by atoms with Crippen molar-refractivity contribution in [2.75, 3.05) is 30.9 Å². The number of anilines is 2. The number of amides is 2. The molecule has 1 heterocycles. The van der Waals surface area contributed by atoms with Gasteiger partial charge < -0.3 is 15.5 Å². The molecule has 0 fully saturated rings. The molecule has 2 aromatic carbocycles. The fourth-order valence-corrected chi connectivity index (χ4v) is 4.76. The summed E-state index contributed by atoms with van der Waals surface area (Å²) in [6.45, 7) is 2.88. The van der Waals surface area contributed by atoms with E-state index in [1.807, 2.05) is 48.6 Å². The summed E-state index contributed by atoms with van der Waals surface area (Å²) in [4.78, 5) is 31.2. The summed E-state index contributed by atoms with van der Waals surface area (Å²) >= 11 is 1.29. The Morgan fingerprint density at radius 1 is 1.12 bits per heavy atom. The Labute approximate surface area is 200 Å². The van der Waals surface area contributed by atoms with Crippen LogP contribution in [0.1, 0.15) is 27.1 Å². The lowest BCUT2D eigenvalue weighted by atomic mass is 10.1. The second-order valence-corrected chi connectivity index (χ2v) is 11.2. The predicted octanol–water partition coefficient (Wildman–Crippen LogP) is 3.92. The third kappa shape index (κ3) is 5.96. The number of benzene rings is 2. The molecular formula is C23H30N4O4S2. The molecule has 0 aliphatic carbocycles. The van der Waals surface area contributed by atoms with Crippen LogP contribution < -0.4 is 15.5 Å². The van der Waals surface area contributed by atoms with E-state index in [4.69, 9.17) is 0 Å². The molecule has 178 valence electrons. The highest BCUT2D eigenvalue weighted by Crippen LogP contribution is 2.27. The van der Waals surface area contributed by atoms with Gasteiger partial charge in [-0.1, -0.05) is 18.2 Å². The van der Waals surface area contributed by atoms with Crippen molar-refractivity contribution in [3.63, 3.8) is 0 Å². The molecule has 8 nitrogen and oxygen atoms in total. The summed E-state index contributed by atoms with van der Waals surface area (Å²) in [5, 5.41) is 6.86. The van der Waals surface area contributed by atoms with E-state index in [1.165, 1.54) is 35.6 Å². The Morgan fingerprint density at radius 3 is 2.55 bits per heavy atom. The van der Waals surface area contributed by atoms with E-state index >= 15 is 0 Å². The lowest BCUT2D eigenvalue weighted by molar-refractivity contribution is -0.115. The standard InChI is InChI=1S/C23H26N4O4S2.2H2/c1-15(2)33(30,31)19-10-6-8-17(12-19)22(29)24-13-21(28)26-23-25-20(14-32-23)16-7-5-9-18(11-16)27(3)4;;/h5-12,14-15H,13H2,1-4H3,(H,24,29)(H,25,26,28);2*1H. The topological polar surface area (TPSA) is 108 Å². The van der Waals surface area contributed by atoms with Gasteiger partial charge in [-0.15, -0.1) is 11.3 Å². The maximum atomic E-state index is 12.4. The highest BCUT2D eigenvalue weighted by molar-refractivity contribution is 7.92. The number of carbonyl (C=O) groups is 2. The second kappa shape index (κ2) is 10.1. The van der Waals surface area contributed by atoms with E-state index in [2.05, 4.69) is 15.6 Å². The summed E-state index contributed by atoms with van der Waals surface area (Å²) in [7, 11) is 0.414. The number of hydrogen-bond donors (Lipinski definition) is 2. The fourth-order valence-electron chi connectivity index (χ4n) is 2.92. The molecule has 0 saturated carbocycles. The molecule has 0 aliphatic rings. The van der Waals surface area contributed by atoms with E-state index in [9.17, 15) is 18.0 Å². The van der Waals surface area contributed by atoms with Crippen molar-refractivity contribution in [3.05, 3.63) is 59.5 Å². The summed E-state index contributed by atoms with van der Waals surface area (Å²) in [6, 6.07) is 13.7. The number of nitrogens with one attached hydrogen (secondary N) is 2. The van der Waals surface area contributed by atoms with E-state index < -0.39 is 26.9 Å². The van der Waals surface area contributed by atoms with Gasteiger partial charge in [0.1, 0.15) is 0 Å². The largest absolute Gasteiger partial charge is 0.378 e. The lowest BCUT2D eigenvalue weighted by Gasteiger charge is -2.12. The molecule has 3 aromatic rings. The van der Waals surface area contributed by atoms with Crippen LogP contribution in [0.2, 0.25) is 0 Å². The number of rotatable bonds is 8. The number of hydrogen-bond acceptors (Lipinski definition) is 7. The summed E-state index contributed by atoms with van der Waals surface area (Å²) in [5.74, 6) is -0.969. The minimum absolute atomic E-state index is 0. The Morgan fingerprint density at radius 2 is 1.85 bits per heavy atom. The third-order valence-corrected chi connectivity index (χ3v) is 7.77. The molecule has 0 atom stereocenters.